The smallest absolute Gasteiger partial charge is 0.120 e. The van der Waals surface area contributed by atoms with Crippen LogP contribution in [0.4, 0.5) is 0 Å². The van der Waals surface area contributed by atoms with Crippen molar-refractivity contribution in [1.82, 2.24) is 0 Å². The standard InChI is InChI=1S/C13H17BrO2/c14-11-2-1-3-13(8-11)16-12-6-4-10(9-15)5-7-12/h1-3,8,10,12,15H,4-7,9H2. The second kappa shape index (κ2) is 5.69. The van der Waals surface area contributed by atoms with Crippen molar-refractivity contribution in [3.05, 3.63) is 28.7 Å². The van der Waals surface area contributed by atoms with E-state index in [9.17, 15) is 0 Å². The van der Waals surface area contributed by atoms with Crippen molar-refractivity contribution in [3.8, 4) is 5.75 Å². The van der Waals surface area contributed by atoms with Gasteiger partial charge in [0, 0.05) is 11.1 Å². The average Bonchev–Trinajstić information content (AvgIpc) is 2.30. The highest BCUT2D eigenvalue weighted by Gasteiger charge is 2.21. The first-order valence-electron chi connectivity index (χ1n) is 5.81. The lowest BCUT2D eigenvalue weighted by Gasteiger charge is -2.27. The van der Waals surface area contributed by atoms with Gasteiger partial charge in [0.1, 0.15) is 5.75 Å². The van der Waals surface area contributed by atoms with Crippen LogP contribution in [-0.4, -0.2) is 17.8 Å². The molecule has 1 fully saturated rings. The van der Waals surface area contributed by atoms with Crippen molar-refractivity contribution in [2.24, 2.45) is 5.92 Å². The predicted octanol–water partition coefficient (Wildman–Crippen LogP) is 3.38. The van der Waals surface area contributed by atoms with Gasteiger partial charge in [-0.3, -0.25) is 0 Å². The average molecular weight is 285 g/mol. The van der Waals surface area contributed by atoms with Gasteiger partial charge in [-0.2, -0.15) is 0 Å². The van der Waals surface area contributed by atoms with Crippen LogP contribution in [0.1, 0.15) is 25.7 Å². The van der Waals surface area contributed by atoms with Gasteiger partial charge in [-0.05, 0) is 49.8 Å². The number of aliphatic hydroxyl groups is 1. The first-order chi connectivity index (χ1) is 7.78. The van der Waals surface area contributed by atoms with E-state index in [1.54, 1.807) is 0 Å². The lowest BCUT2D eigenvalue weighted by Crippen LogP contribution is -2.25. The summed E-state index contributed by atoms with van der Waals surface area (Å²) in [6.07, 6.45) is 4.58. The number of halogens is 1. The van der Waals surface area contributed by atoms with Crippen LogP contribution in [-0.2, 0) is 0 Å². The SMILES string of the molecule is OCC1CCC(Oc2cccc(Br)c2)CC1. The van der Waals surface area contributed by atoms with Crippen LogP contribution in [0.2, 0.25) is 0 Å². The fraction of sp³-hybridized carbons (Fsp3) is 0.538. The van der Waals surface area contributed by atoms with Gasteiger partial charge in [-0.25, -0.2) is 0 Å². The Morgan fingerprint density at radius 3 is 2.62 bits per heavy atom. The Morgan fingerprint density at radius 1 is 1.25 bits per heavy atom. The van der Waals surface area contributed by atoms with E-state index in [-0.39, 0.29) is 0 Å². The minimum atomic E-state index is 0.317. The summed E-state index contributed by atoms with van der Waals surface area (Å²) in [5.41, 5.74) is 0. The van der Waals surface area contributed by atoms with Crippen molar-refractivity contribution >= 4 is 15.9 Å². The third-order valence-electron chi connectivity index (χ3n) is 3.15. The van der Waals surface area contributed by atoms with Crippen molar-refractivity contribution < 1.29 is 9.84 Å². The highest BCUT2D eigenvalue weighted by Crippen LogP contribution is 2.28. The van der Waals surface area contributed by atoms with Crippen molar-refractivity contribution in [3.63, 3.8) is 0 Å². The molecule has 0 aromatic heterocycles. The summed E-state index contributed by atoms with van der Waals surface area (Å²) in [5, 5.41) is 9.06. The second-order valence-corrected chi connectivity index (χ2v) is 5.32. The van der Waals surface area contributed by atoms with Crippen LogP contribution in [0.3, 0.4) is 0 Å². The molecule has 0 spiro atoms. The molecule has 2 rings (SSSR count). The maximum atomic E-state index is 9.06. The van der Waals surface area contributed by atoms with Crippen LogP contribution in [0, 0.1) is 5.92 Å². The first-order valence-corrected chi connectivity index (χ1v) is 6.60. The lowest BCUT2D eigenvalue weighted by atomic mass is 9.88. The molecule has 1 aliphatic rings. The largest absolute Gasteiger partial charge is 0.490 e. The Labute approximate surface area is 105 Å². The molecule has 1 saturated carbocycles. The Balaban J connectivity index is 1.87. The molecule has 0 amide bonds. The molecule has 1 aliphatic carbocycles. The van der Waals surface area contributed by atoms with Gasteiger partial charge in [-0.15, -0.1) is 0 Å². The molecule has 0 atom stereocenters. The maximum absolute atomic E-state index is 9.06. The predicted molar refractivity (Wildman–Crippen MR) is 67.6 cm³/mol. The molecule has 0 heterocycles. The monoisotopic (exact) mass is 284 g/mol. The highest BCUT2D eigenvalue weighted by molar-refractivity contribution is 9.10. The van der Waals surface area contributed by atoms with E-state index >= 15 is 0 Å². The van der Waals surface area contributed by atoms with E-state index in [1.165, 1.54) is 0 Å². The minimum absolute atomic E-state index is 0.317. The highest BCUT2D eigenvalue weighted by atomic mass is 79.9. The molecule has 16 heavy (non-hydrogen) atoms. The van der Waals surface area contributed by atoms with Gasteiger partial charge in [0.25, 0.3) is 0 Å². The topological polar surface area (TPSA) is 29.5 Å². The molecular weight excluding hydrogens is 268 g/mol. The normalized spacial score (nSPS) is 25.4. The molecule has 0 bridgehead atoms. The van der Waals surface area contributed by atoms with E-state index in [0.29, 0.717) is 18.6 Å². The molecule has 0 aliphatic heterocycles. The van der Waals surface area contributed by atoms with Crippen molar-refractivity contribution in [1.29, 1.82) is 0 Å². The quantitative estimate of drug-likeness (QED) is 0.922. The van der Waals surface area contributed by atoms with Gasteiger partial charge >= 0.3 is 0 Å². The number of benzene rings is 1. The number of hydrogen-bond donors (Lipinski definition) is 1. The summed E-state index contributed by atoms with van der Waals surface area (Å²) < 4.78 is 6.97. The van der Waals surface area contributed by atoms with Gasteiger partial charge in [0.2, 0.25) is 0 Å². The molecule has 88 valence electrons. The van der Waals surface area contributed by atoms with Gasteiger partial charge in [0.05, 0.1) is 6.10 Å². The zero-order valence-electron chi connectivity index (χ0n) is 9.23. The van der Waals surface area contributed by atoms with E-state index in [1.807, 2.05) is 24.3 Å². The van der Waals surface area contributed by atoms with Gasteiger partial charge < -0.3 is 9.84 Å². The number of rotatable bonds is 3. The Hall–Kier alpha value is -0.540. The van der Waals surface area contributed by atoms with Crippen molar-refractivity contribution in [2.75, 3.05) is 6.61 Å². The molecule has 2 nitrogen and oxygen atoms in total. The van der Waals surface area contributed by atoms with E-state index < -0.39 is 0 Å². The van der Waals surface area contributed by atoms with E-state index in [2.05, 4.69) is 15.9 Å². The van der Waals surface area contributed by atoms with Gasteiger partial charge in [0.15, 0.2) is 0 Å². The van der Waals surface area contributed by atoms with E-state index in [0.717, 1.165) is 35.9 Å². The number of hydrogen-bond acceptors (Lipinski definition) is 2. The Kier molecular flexibility index (Phi) is 4.24. The van der Waals surface area contributed by atoms with Crippen LogP contribution in [0.5, 0.6) is 5.75 Å². The molecule has 0 unspecified atom stereocenters. The zero-order valence-corrected chi connectivity index (χ0v) is 10.8. The van der Waals surface area contributed by atoms with Crippen LogP contribution in [0.25, 0.3) is 0 Å². The third-order valence-corrected chi connectivity index (χ3v) is 3.64. The fourth-order valence-electron chi connectivity index (χ4n) is 2.17. The summed E-state index contributed by atoms with van der Waals surface area (Å²) in [4.78, 5) is 0. The zero-order chi connectivity index (χ0) is 11.4. The van der Waals surface area contributed by atoms with E-state index in [4.69, 9.17) is 9.84 Å². The summed E-state index contributed by atoms with van der Waals surface area (Å²) in [6, 6.07) is 7.97. The lowest BCUT2D eigenvalue weighted by molar-refractivity contribution is 0.104. The molecule has 0 radical (unpaired) electrons. The van der Waals surface area contributed by atoms with Crippen LogP contribution in [0.15, 0.2) is 28.7 Å². The number of aliphatic hydroxyl groups excluding tert-OH is 1. The van der Waals surface area contributed by atoms with Gasteiger partial charge in [-0.1, -0.05) is 22.0 Å². The summed E-state index contributed by atoms with van der Waals surface area (Å²) in [5.74, 6) is 1.42. The minimum Gasteiger partial charge on any atom is -0.490 e. The summed E-state index contributed by atoms with van der Waals surface area (Å²) in [6.45, 7) is 0.323. The molecule has 1 aromatic rings. The fourth-order valence-corrected chi connectivity index (χ4v) is 2.54. The third kappa shape index (κ3) is 3.22. The molecular formula is C13H17BrO2. The first kappa shape index (κ1) is 11.9. The second-order valence-electron chi connectivity index (χ2n) is 4.40. The van der Waals surface area contributed by atoms with Crippen molar-refractivity contribution in [2.45, 2.75) is 31.8 Å². The van der Waals surface area contributed by atoms with Crippen LogP contribution < -0.4 is 4.74 Å². The molecule has 3 heteroatoms. The number of ether oxygens (including phenoxy) is 1. The Bertz CT molecular complexity index is 332. The summed E-state index contributed by atoms with van der Waals surface area (Å²) in [7, 11) is 0. The Morgan fingerprint density at radius 2 is 2.00 bits per heavy atom. The van der Waals surface area contributed by atoms with Crippen LogP contribution >= 0.6 is 15.9 Å². The molecule has 1 N–H and O–H groups in total. The summed E-state index contributed by atoms with van der Waals surface area (Å²) >= 11 is 3.43. The molecule has 1 aromatic carbocycles. The molecule has 0 saturated heterocycles. The maximum Gasteiger partial charge on any atom is 0.120 e.